The molecule has 2 rings (SSSR count). The molecular weight excluding hydrogens is 310 g/mol. The highest BCUT2D eigenvalue weighted by atomic mass is 16.3. The van der Waals surface area contributed by atoms with Crippen molar-refractivity contribution in [2.75, 3.05) is 33.2 Å². The van der Waals surface area contributed by atoms with E-state index in [1.807, 2.05) is 13.8 Å². The third kappa shape index (κ3) is 4.15. The summed E-state index contributed by atoms with van der Waals surface area (Å²) in [6.07, 6.45) is 1.74. The second-order valence-electron chi connectivity index (χ2n) is 6.02. The van der Waals surface area contributed by atoms with E-state index in [9.17, 15) is 14.4 Å². The van der Waals surface area contributed by atoms with Crippen LogP contribution in [0.1, 0.15) is 26.0 Å². The molecule has 1 aromatic rings. The number of carbonyl (C=O) groups excluding carboxylic acids is 3. The molecule has 1 fully saturated rings. The first-order valence-electron chi connectivity index (χ1n) is 8.29. The topological polar surface area (TPSA) is 74.1 Å². The van der Waals surface area contributed by atoms with Crippen LogP contribution in [0.25, 0.3) is 0 Å². The van der Waals surface area contributed by atoms with E-state index in [1.165, 1.54) is 4.90 Å². The molecule has 0 N–H and O–H groups in total. The summed E-state index contributed by atoms with van der Waals surface area (Å²) >= 11 is 0. The Balaban J connectivity index is 1.90. The average molecular weight is 335 g/mol. The van der Waals surface area contributed by atoms with Gasteiger partial charge in [0.05, 0.1) is 25.3 Å². The number of likely N-dealkylation sites (tertiary alicyclic amines) is 1. The molecule has 0 aliphatic carbocycles. The van der Waals surface area contributed by atoms with E-state index in [0.717, 1.165) is 0 Å². The molecule has 0 saturated carbocycles. The minimum atomic E-state index is -0.401. The van der Waals surface area contributed by atoms with Gasteiger partial charge in [-0.25, -0.2) is 0 Å². The highest BCUT2D eigenvalue weighted by Gasteiger charge is 2.36. The van der Waals surface area contributed by atoms with Crippen molar-refractivity contribution >= 4 is 17.7 Å². The van der Waals surface area contributed by atoms with Gasteiger partial charge in [-0.15, -0.1) is 0 Å². The smallest absolute Gasteiger partial charge is 0.242 e. The molecule has 7 nitrogen and oxygen atoms in total. The Kier molecular flexibility index (Phi) is 6.00. The van der Waals surface area contributed by atoms with Crippen LogP contribution in [0.15, 0.2) is 22.8 Å². The van der Waals surface area contributed by atoms with Crippen LogP contribution >= 0.6 is 0 Å². The molecule has 1 aliphatic heterocycles. The van der Waals surface area contributed by atoms with Gasteiger partial charge in [-0.05, 0) is 26.0 Å². The number of hydrogen-bond donors (Lipinski definition) is 0. The van der Waals surface area contributed by atoms with Crippen LogP contribution in [0.4, 0.5) is 0 Å². The highest BCUT2D eigenvalue weighted by molar-refractivity contribution is 5.91. The summed E-state index contributed by atoms with van der Waals surface area (Å²) in [6.45, 7) is 5.84. The van der Waals surface area contributed by atoms with Gasteiger partial charge in [0, 0.05) is 33.1 Å². The number of furan rings is 1. The molecule has 1 atom stereocenters. The first kappa shape index (κ1) is 18.0. The van der Waals surface area contributed by atoms with Crippen molar-refractivity contribution in [2.24, 2.45) is 5.92 Å². The van der Waals surface area contributed by atoms with Gasteiger partial charge in [0.25, 0.3) is 0 Å². The fourth-order valence-corrected chi connectivity index (χ4v) is 2.95. The zero-order valence-corrected chi connectivity index (χ0v) is 14.5. The van der Waals surface area contributed by atoms with Gasteiger partial charge in [0.2, 0.25) is 17.7 Å². The molecule has 1 aromatic heterocycles. The summed E-state index contributed by atoms with van der Waals surface area (Å²) in [5.41, 5.74) is 0. The van der Waals surface area contributed by atoms with Crippen molar-refractivity contribution in [2.45, 2.75) is 26.8 Å². The molecule has 0 bridgehead atoms. The Morgan fingerprint density at radius 3 is 2.62 bits per heavy atom. The molecule has 2 heterocycles. The van der Waals surface area contributed by atoms with Gasteiger partial charge in [-0.2, -0.15) is 0 Å². The van der Waals surface area contributed by atoms with Crippen LogP contribution in [-0.4, -0.2) is 65.6 Å². The number of nitrogens with zero attached hydrogens (tertiary/aromatic N) is 3. The Morgan fingerprint density at radius 2 is 2.04 bits per heavy atom. The molecule has 0 radical (unpaired) electrons. The van der Waals surface area contributed by atoms with E-state index in [2.05, 4.69) is 0 Å². The summed E-state index contributed by atoms with van der Waals surface area (Å²) in [4.78, 5) is 41.5. The van der Waals surface area contributed by atoms with Crippen molar-refractivity contribution in [3.8, 4) is 0 Å². The number of carbonyl (C=O) groups is 3. The molecule has 1 unspecified atom stereocenters. The fourth-order valence-electron chi connectivity index (χ4n) is 2.95. The Labute approximate surface area is 142 Å². The first-order chi connectivity index (χ1) is 11.5. The maximum atomic E-state index is 12.5. The molecule has 3 amide bonds. The summed E-state index contributed by atoms with van der Waals surface area (Å²) in [5, 5.41) is 0. The molecule has 1 saturated heterocycles. The normalized spacial score (nSPS) is 17.2. The van der Waals surface area contributed by atoms with Gasteiger partial charge >= 0.3 is 0 Å². The van der Waals surface area contributed by atoms with Crippen molar-refractivity contribution < 1.29 is 18.8 Å². The average Bonchev–Trinajstić information content (AvgIpc) is 3.18. The number of amides is 3. The maximum absolute atomic E-state index is 12.5. The molecule has 1 aliphatic rings. The van der Waals surface area contributed by atoms with Gasteiger partial charge in [0.1, 0.15) is 5.76 Å². The van der Waals surface area contributed by atoms with Crippen LogP contribution in [-0.2, 0) is 20.9 Å². The lowest BCUT2D eigenvalue weighted by atomic mass is 10.1. The second kappa shape index (κ2) is 7.99. The minimum Gasteiger partial charge on any atom is -0.467 e. The summed E-state index contributed by atoms with van der Waals surface area (Å²) in [6, 6.07) is 3.57. The Morgan fingerprint density at radius 1 is 1.33 bits per heavy atom. The monoisotopic (exact) mass is 335 g/mol. The van der Waals surface area contributed by atoms with E-state index in [-0.39, 0.29) is 30.7 Å². The molecule has 132 valence electrons. The number of hydrogen-bond acceptors (Lipinski definition) is 4. The molecule has 0 spiro atoms. The third-order valence-corrected chi connectivity index (χ3v) is 4.36. The Bertz CT molecular complexity index is 581. The summed E-state index contributed by atoms with van der Waals surface area (Å²) in [5.74, 6) is -0.00452. The zero-order valence-electron chi connectivity index (χ0n) is 14.5. The largest absolute Gasteiger partial charge is 0.467 e. The lowest BCUT2D eigenvalue weighted by Gasteiger charge is -2.25. The van der Waals surface area contributed by atoms with Crippen LogP contribution in [0, 0.1) is 5.92 Å². The SMILES string of the molecule is CCN(CC)C(=O)CN(C)C(=O)C1CC(=O)N(Cc2ccco2)C1. The van der Waals surface area contributed by atoms with Gasteiger partial charge in [-0.1, -0.05) is 0 Å². The predicted octanol–water partition coefficient (Wildman–Crippen LogP) is 0.955. The van der Waals surface area contributed by atoms with Gasteiger partial charge in [-0.3, -0.25) is 14.4 Å². The zero-order chi connectivity index (χ0) is 17.7. The van der Waals surface area contributed by atoms with E-state index in [1.54, 1.807) is 35.2 Å². The predicted molar refractivity (Wildman–Crippen MR) is 87.8 cm³/mol. The van der Waals surface area contributed by atoms with E-state index >= 15 is 0 Å². The maximum Gasteiger partial charge on any atom is 0.242 e. The minimum absolute atomic E-state index is 0.0450. The van der Waals surface area contributed by atoms with E-state index < -0.39 is 5.92 Å². The van der Waals surface area contributed by atoms with Crippen molar-refractivity contribution in [1.82, 2.24) is 14.7 Å². The van der Waals surface area contributed by atoms with Crippen LogP contribution in [0.2, 0.25) is 0 Å². The molecule has 7 heteroatoms. The van der Waals surface area contributed by atoms with Crippen LogP contribution < -0.4 is 0 Å². The number of rotatable bonds is 7. The number of likely N-dealkylation sites (N-methyl/N-ethyl adjacent to an activating group) is 2. The van der Waals surface area contributed by atoms with Crippen molar-refractivity contribution in [3.63, 3.8) is 0 Å². The quantitative estimate of drug-likeness (QED) is 0.744. The van der Waals surface area contributed by atoms with E-state index in [0.29, 0.717) is 31.9 Å². The van der Waals surface area contributed by atoms with Crippen molar-refractivity contribution in [1.29, 1.82) is 0 Å². The van der Waals surface area contributed by atoms with Crippen LogP contribution in [0.3, 0.4) is 0 Å². The second-order valence-corrected chi connectivity index (χ2v) is 6.02. The summed E-state index contributed by atoms with van der Waals surface area (Å²) in [7, 11) is 1.61. The standard InChI is InChI=1S/C17H25N3O4/c1-4-19(5-2)16(22)12-18(3)17(23)13-9-15(21)20(10-13)11-14-7-6-8-24-14/h6-8,13H,4-5,9-12H2,1-3H3. The fraction of sp³-hybridized carbons (Fsp3) is 0.588. The lowest BCUT2D eigenvalue weighted by Crippen LogP contribution is -2.43. The van der Waals surface area contributed by atoms with Gasteiger partial charge < -0.3 is 19.1 Å². The van der Waals surface area contributed by atoms with E-state index in [4.69, 9.17) is 4.42 Å². The molecule has 0 aromatic carbocycles. The summed E-state index contributed by atoms with van der Waals surface area (Å²) < 4.78 is 5.25. The van der Waals surface area contributed by atoms with Crippen LogP contribution in [0.5, 0.6) is 0 Å². The van der Waals surface area contributed by atoms with Crippen molar-refractivity contribution in [3.05, 3.63) is 24.2 Å². The van der Waals surface area contributed by atoms with Gasteiger partial charge in [0.15, 0.2) is 0 Å². The molecule has 24 heavy (non-hydrogen) atoms. The lowest BCUT2D eigenvalue weighted by molar-refractivity contribution is -0.141. The third-order valence-electron chi connectivity index (χ3n) is 4.36. The molecular formula is C17H25N3O4. The first-order valence-corrected chi connectivity index (χ1v) is 8.29. The Hall–Kier alpha value is -2.31. The highest BCUT2D eigenvalue weighted by Crippen LogP contribution is 2.22.